The number of nitrogens with one attached hydrogen (secondary N) is 1. The largest absolute Gasteiger partial charge is 0.464 e. The zero-order valence-corrected chi connectivity index (χ0v) is 9.41. The van der Waals surface area contributed by atoms with E-state index in [0.717, 1.165) is 25.1 Å². The van der Waals surface area contributed by atoms with Crippen molar-refractivity contribution < 1.29 is 9.53 Å². The van der Waals surface area contributed by atoms with E-state index in [9.17, 15) is 4.79 Å². The first kappa shape index (κ1) is 11.6. The van der Waals surface area contributed by atoms with Crippen molar-refractivity contribution in [3.05, 3.63) is 11.9 Å². The molecule has 1 aromatic heterocycles. The SMILES string of the molecule is CCCCNc1cnn(C)c1C(=O)OC. The summed E-state index contributed by atoms with van der Waals surface area (Å²) in [5.41, 5.74) is 1.20. The first-order valence-corrected chi connectivity index (χ1v) is 5.04. The molecule has 0 atom stereocenters. The molecule has 5 nitrogen and oxygen atoms in total. The van der Waals surface area contributed by atoms with Gasteiger partial charge in [-0.3, -0.25) is 4.68 Å². The average Bonchev–Trinajstić information content (AvgIpc) is 2.59. The Morgan fingerprint density at radius 3 is 3.00 bits per heavy atom. The molecule has 0 aliphatic rings. The maximum Gasteiger partial charge on any atom is 0.358 e. The molecular formula is C10H17N3O2. The van der Waals surface area contributed by atoms with Gasteiger partial charge in [0.15, 0.2) is 5.69 Å². The molecule has 5 heteroatoms. The summed E-state index contributed by atoms with van der Waals surface area (Å²) in [6.45, 7) is 2.96. The van der Waals surface area contributed by atoms with Crippen LogP contribution in [0.25, 0.3) is 0 Å². The van der Waals surface area contributed by atoms with E-state index in [0.29, 0.717) is 5.69 Å². The Balaban J connectivity index is 2.75. The van der Waals surface area contributed by atoms with Gasteiger partial charge in [0.1, 0.15) is 0 Å². The quantitative estimate of drug-likeness (QED) is 0.591. The second-order valence-corrected chi connectivity index (χ2v) is 3.30. The van der Waals surface area contributed by atoms with Gasteiger partial charge < -0.3 is 10.1 Å². The molecular weight excluding hydrogens is 194 g/mol. The van der Waals surface area contributed by atoms with Crippen molar-refractivity contribution in [3.8, 4) is 0 Å². The highest BCUT2D eigenvalue weighted by Gasteiger charge is 2.16. The van der Waals surface area contributed by atoms with Crippen LogP contribution in [0.4, 0.5) is 5.69 Å². The van der Waals surface area contributed by atoms with Crippen molar-refractivity contribution in [2.24, 2.45) is 7.05 Å². The number of carbonyl (C=O) groups is 1. The summed E-state index contributed by atoms with van der Waals surface area (Å²) in [5, 5.41) is 7.18. The van der Waals surface area contributed by atoms with E-state index in [1.54, 1.807) is 13.2 Å². The van der Waals surface area contributed by atoms with Crippen molar-refractivity contribution in [2.75, 3.05) is 19.0 Å². The molecule has 1 rings (SSSR count). The third kappa shape index (κ3) is 2.71. The molecule has 0 unspecified atom stereocenters. The van der Waals surface area contributed by atoms with Gasteiger partial charge >= 0.3 is 5.97 Å². The smallest absolute Gasteiger partial charge is 0.358 e. The predicted octanol–water partition coefficient (Wildman–Crippen LogP) is 1.42. The number of unbranched alkanes of at least 4 members (excludes halogenated alkanes) is 1. The fourth-order valence-corrected chi connectivity index (χ4v) is 1.31. The lowest BCUT2D eigenvalue weighted by atomic mass is 10.3. The van der Waals surface area contributed by atoms with Crippen LogP contribution in [0, 0.1) is 0 Å². The first-order chi connectivity index (χ1) is 7.20. The highest BCUT2D eigenvalue weighted by Crippen LogP contribution is 2.14. The second kappa shape index (κ2) is 5.38. The van der Waals surface area contributed by atoms with Crippen molar-refractivity contribution in [2.45, 2.75) is 19.8 Å². The van der Waals surface area contributed by atoms with Gasteiger partial charge in [-0.2, -0.15) is 5.10 Å². The van der Waals surface area contributed by atoms with Gasteiger partial charge in [-0.05, 0) is 6.42 Å². The van der Waals surface area contributed by atoms with Crippen molar-refractivity contribution in [1.29, 1.82) is 0 Å². The molecule has 0 fully saturated rings. The number of hydrogen-bond donors (Lipinski definition) is 1. The molecule has 0 aliphatic heterocycles. The van der Waals surface area contributed by atoms with Crippen LogP contribution in [-0.4, -0.2) is 29.4 Å². The normalized spacial score (nSPS) is 10.1. The number of carbonyl (C=O) groups excluding carboxylic acids is 1. The van der Waals surface area contributed by atoms with Crippen LogP contribution in [0.1, 0.15) is 30.3 Å². The fraction of sp³-hybridized carbons (Fsp3) is 0.600. The van der Waals surface area contributed by atoms with Gasteiger partial charge in [0.05, 0.1) is 19.0 Å². The molecule has 0 amide bonds. The summed E-state index contributed by atoms with van der Waals surface area (Å²) in [6.07, 6.45) is 3.82. The van der Waals surface area contributed by atoms with Gasteiger partial charge in [-0.1, -0.05) is 13.3 Å². The molecule has 0 radical (unpaired) electrons. The highest BCUT2D eigenvalue weighted by atomic mass is 16.5. The molecule has 15 heavy (non-hydrogen) atoms. The lowest BCUT2D eigenvalue weighted by Crippen LogP contribution is -2.12. The summed E-state index contributed by atoms with van der Waals surface area (Å²) in [5.74, 6) is -0.367. The summed E-state index contributed by atoms with van der Waals surface area (Å²) < 4.78 is 6.20. The van der Waals surface area contributed by atoms with Crippen LogP contribution in [-0.2, 0) is 11.8 Å². The molecule has 0 aliphatic carbocycles. The molecule has 1 aromatic rings. The fourth-order valence-electron chi connectivity index (χ4n) is 1.31. The molecule has 0 bridgehead atoms. The van der Waals surface area contributed by atoms with Crippen LogP contribution < -0.4 is 5.32 Å². The lowest BCUT2D eigenvalue weighted by Gasteiger charge is -2.06. The van der Waals surface area contributed by atoms with Crippen molar-refractivity contribution in [3.63, 3.8) is 0 Å². The number of rotatable bonds is 5. The van der Waals surface area contributed by atoms with E-state index < -0.39 is 0 Å². The Labute approximate surface area is 89.4 Å². The molecule has 84 valence electrons. The Hall–Kier alpha value is -1.52. The standard InChI is InChI=1S/C10H17N3O2/c1-4-5-6-11-8-7-12-13(2)9(8)10(14)15-3/h7,11H,4-6H2,1-3H3. The average molecular weight is 211 g/mol. The minimum atomic E-state index is -0.367. The Morgan fingerprint density at radius 1 is 1.67 bits per heavy atom. The summed E-state index contributed by atoms with van der Waals surface area (Å²) in [4.78, 5) is 11.4. The maximum absolute atomic E-state index is 11.4. The van der Waals surface area contributed by atoms with Gasteiger partial charge in [0, 0.05) is 13.6 Å². The van der Waals surface area contributed by atoms with E-state index in [-0.39, 0.29) is 5.97 Å². The van der Waals surface area contributed by atoms with E-state index in [1.165, 1.54) is 11.8 Å². The highest BCUT2D eigenvalue weighted by molar-refractivity contribution is 5.93. The topological polar surface area (TPSA) is 56.2 Å². The molecule has 1 N–H and O–H groups in total. The molecule has 0 aromatic carbocycles. The maximum atomic E-state index is 11.4. The lowest BCUT2D eigenvalue weighted by molar-refractivity contribution is 0.0589. The number of aromatic nitrogens is 2. The second-order valence-electron chi connectivity index (χ2n) is 3.30. The molecule has 0 saturated heterocycles. The molecule has 0 spiro atoms. The van der Waals surface area contributed by atoms with E-state index in [4.69, 9.17) is 0 Å². The summed E-state index contributed by atoms with van der Waals surface area (Å²) >= 11 is 0. The van der Waals surface area contributed by atoms with Crippen LogP contribution in [0.5, 0.6) is 0 Å². The van der Waals surface area contributed by atoms with Crippen molar-refractivity contribution >= 4 is 11.7 Å². The van der Waals surface area contributed by atoms with Crippen LogP contribution in [0.15, 0.2) is 6.20 Å². The predicted molar refractivity (Wildman–Crippen MR) is 57.9 cm³/mol. The van der Waals surface area contributed by atoms with Crippen LogP contribution >= 0.6 is 0 Å². The van der Waals surface area contributed by atoms with Gasteiger partial charge in [0.2, 0.25) is 0 Å². The van der Waals surface area contributed by atoms with Gasteiger partial charge in [-0.15, -0.1) is 0 Å². The zero-order chi connectivity index (χ0) is 11.3. The first-order valence-electron chi connectivity index (χ1n) is 5.04. The van der Waals surface area contributed by atoms with Crippen LogP contribution in [0.2, 0.25) is 0 Å². The number of hydrogen-bond acceptors (Lipinski definition) is 4. The Morgan fingerprint density at radius 2 is 2.40 bits per heavy atom. The van der Waals surface area contributed by atoms with Gasteiger partial charge in [0.25, 0.3) is 0 Å². The zero-order valence-electron chi connectivity index (χ0n) is 9.41. The molecule has 1 heterocycles. The van der Waals surface area contributed by atoms with E-state index in [2.05, 4.69) is 22.1 Å². The summed E-state index contributed by atoms with van der Waals surface area (Å²) in [6, 6.07) is 0. The third-order valence-electron chi connectivity index (χ3n) is 2.16. The Kier molecular flexibility index (Phi) is 4.15. The van der Waals surface area contributed by atoms with E-state index in [1.807, 2.05) is 0 Å². The monoisotopic (exact) mass is 211 g/mol. The third-order valence-corrected chi connectivity index (χ3v) is 2.16. The van der Waals surface area contributed by atoms with Gasteiger partial charge in [-0.25, -0.2) is 4.79 Å². The van der Waals surface area contributed by atoms with Crippen LogP contribution in [0.3, 0.4) is 0 Å². The number of nitrogens with zero attached hydrogens (tertiary/aromatic N) is 2. The number of aryl methyl sites for hydroxylation is 1. The minimum absolute atomic E-state index is 0.367. The molecule has 0 saturated carbocycles. The number of ether oxygens (including phenoxy) is 1. The number of esters is 1. The number of methoxy groups -OCH3 is 1. The Bertz CT molecular complexity index is 333. The minimum Gasteiger partial charge on any atom is -0.464 e. The van der Waals surface area contributed by atoms with E-state index >= 15 is 0 Å². The van der Waals surface area contributed by atoms with Crippen molar-refractivity contribution in [1.82, 2.24) is 9.78 Å². The summed E-state index contributed by atoms with van der Waals surface area (Å²) in [7, 11) is 3.09. The number of anilines is 1.